The van der Waals surface area contributed by atoms with Crippen molar-refractivity contribution in [1.29, 1.82) is 0 Å². The summed E-state index contributed by atoms with van der Waals surface area (Å²) >= 11 is 0. The van der Waals surface area contributed by atoms with Crippen LogP contribution in [-0.2, 0) is 24.5 Å². The summed E-state index contributed by atoms with van der Waals surface area (Å²) in [5.41, 5.74) is 8.32. The van der Waals surface area contributed by atoms with E-state index >= 15 is 0 Å². The second kappa shape index (κ2) is 13.5. The molecule has 0 bridgehead atoms. The van der Waals surface area contributed by atoms with Crippen LogP contribution in [0.1, 0.15) is 23.1 Å². The number of para-hydroxylation sites is 3. The van der Waals surface area contributed by atoms with Gasteiger partial charge in [-0.05, 0) is 48.4 Å². The Hall–Kier alpha value is -4.27. The highest BCUT2D eigenvalue weighted by Crippen LogP contribution is 2.29. The molecule has 1 atom stereocenters. The molecule has 0 fully saturated rings. The van der Waals surface area contributed by atoms with E-state index in [0.717, 1.165) is 16.7 Å². The molecule has 0 saturated carbocycles. The van der Waals surface area contributed by atoms with Gasteiger partial charge in [0.2, 0.25) is 0 Å². The predicted molar refractivity (Wildman–Crippen MR) is 144 cm³/mol. The van der Waals surface area contributed by atoms with Crippen molar-refractivity contribution in [2.24, 2.45) is 5.73 Å². The number of ether oxygens (including phenoxy) is 2. The van der Waals surface area contributed by atoms with Crippen LogP contribution < -0.4 is 15.2 Å². The molecule has 4 rings (SSSR count). The minimum absolute atomic E-state index is 0.115. The number of halogens is 2. The molecule has 0 aliphatic rings. The number of aliphatic carboxylic acids is 1. The molecule has 0 unspecified atom stereocenters. The predicted octanol–water partition coefficient (Wildman–Crippen LogP) is 6.14. The van der Waals surface area contributed by atoms with Crippen LogP contribution in [0.25, 0.3) is 0 Å². The lowest BCUT2D eigenvalue weighted by Crippen LogP contribution is -2.35. The van der Waals surface area contributed by atoms with Gasteiger partial charge in [0, 0.05) is 30.8 Å². The highest BCUT2D eigenvalue weighted by molar-refractivity contribution is 5.73. The number of rotatable bonds is 13. The van der Waals surface area contributed by atoms with Crippen molar-refractivity contribution in [3.8, 4) is 17.2 Å². The summed E-state index contributed by atoms with van der Waals surface area (Å²) in [6.07, 6.45) is 0.226. The SMILES string of the molecule is N[C@@H](CCN(Cc1ccccc1OCc1ccc(F)cc1)Cc1ccccc1Oc1ccccc1F)C(=O)O. The number of hydrogen-bond acceptors (Lipinski definition) is 5. The van der Waals surface area contributed by atoms with E-state index < -0.39 is 17.8 Å². The van der Waals surface area contributed by atoms with Gasteiger partial charge in [-0.1, -0.05) is 60.7 Å². The monoisotopic (exact) mass is 532 g/mol. The fraction of sp³-hybridized carbons (Fsp3) is 0.194. The standard InChI is InChI=1S/C31H30F2N2O4/c32-25-15-13-22(14-16-25)21-38-28-10-4-1-7-23(28)19-35(18-17-27(34)31(36)37)20-24-8-2-5-11-29(24)39-30-12-6-3-9-26(30)33/h1-16,27H,17-21,34H2,(H,36,37)/t27-/m0/s1. The van der Waals surface area contributed by atoms with Crippen molar-refractivity contribution in [2.75, 3.05) is 6.54 Å². The molecule has 8 heteroatoms. The Morgan fingerprint density at radius 3 is 2.00 bits per heavy atom. The van der Waals surface area contributed by atoms with Crippen molar-refractivity contribution >= 4 is 5.97 Å². The molecule has 0 aromatic heterocycles. The minimum atomic E-state index is -1.07. The second-order valence-corrected chi connectivity index (χ2v) is 9.11. The van der Waals surface area contributed by atoms with Gasteiger partial charge < -0.3 is 20.3 Å². The van der Waals surface area contributed by atoms with E-state index in [1.54, 1.807) is 36.4 Å². The summed E-state index contributed by atoms with van der Waals surface area (Å²) in [6, 6.07) is 26.2. The van der Waals surface area contributed by atoms with Gasteiger partial charge in [-0.15, -0.1) is 0 Å². The van der Waals surface area contributed by atoms with E-state index in [-0.39, 0.29) is 24.6 Å². The number of carboxylic acids is 1. The highest BCUT2D eigenvalue weighted by Gasteiger charge is 2.18. The highest BCUT2D eigenvalue weighted by atomic mass is 19.1. The average molecular weight is 533 g/mol. The van der Waals surface area contributed by atoms with E-state index in [1.165, 1.54) is 18.2 Å². The van der Waals surface area contributed by atoms with E-state index in [9.17, 15) is 18.7 Å². The number of carbonyl (C=O) groups is 1. The van der Waals surface area contributed by atoms with Gasteiger partial charge in [-0.3, -0.25) is 9.69 Å². The molecule has 4 aromatic rings. The lowest BCUT2D eigenvalue weighted by atomic mass is 10.1. The molecule has 4 aromatic carbocycles. The summed E-state index contributed by atoms with van der Waals surface area (Å²) in [5.74, 6) is -0.580. The van der Waals surface area contributed by atoms with Gasteiger partial charge in [0.25, 0.3) is 0 Å². The van der Waals surface area contributed by atoms with Gasteiger partial charge >= 0.3 is 5.97 Å². The number of nitrogens with zero attached hydrogens (tertiary/aromatic N) is 1. The van der Waals surface area contributed by atoms with Crippen LogP contribution in [0.4, 0.5) is 8.78 Å². The molecule has 0 saturated heterocycles. The lowest BCUT2D eigenvalue weighted by molar-refractivity contribution is -0.138. The Morgan fingerprint density at radius 1 is 0.795 bits per heavy atom. The van der Waals surface area contributed by atoms with Crippen LogP contribution in [0.15, 0.2) is 97.1 Å². The number of hydrogen-bond donors (Lipinski definition) is 2. The molecule has 0 aliphatic heterocycles. The molecule has 0 radical (unpaired) electrons. The maximum atomic E-state index is 14.3. The molecule has 0 amide bonds. The fourth-order valence-electron chi connectivity index (χ4n) is 4.04. The van der Waals surface area contributed by atoms with Crippen molar-refractivity contribution in [3.05, 3.63) is 125 Å². The Balaban J connectivity index is 1.54. The van der Waals surface area contributed by atoms with Gasteiger partial charge in [0.15, 0.2) is 11.6 Å². The van der Waals surface area contributed by atoms with Crippen molar-refractivity contribution in [2.45, 2.75) is 32.2 Å². The summed E-state index contributed by atoms with van der Waals surface area (Å²) in [4.78, 5) is 13.4. The Kier molecular flexibility index (Phi) is 9.61. The molecular weight excluding hydrogens is 502 g/mol. The Morgan fingerprint density at radius 2 is 1.36 bits per heavy atom. The first kappa shape index (κ1) is 27.8. The van der Waals surface area contributed by atoms with E-state index in [4.69, 9.17) is 15.2 Å². The fourth-order valence-corrected chi connectivity index (χ4v) is 4.04. The first-order valence-corrected chi connectivity index (χ1v) is 12.5. The van der Waals surface area contributed by atoms with Crippen LogP contribution in [0.2, 0.25) is 0 Å². The van der Waals surface area contributed by atoms with Gasteiger partial charge in [0.1, 0.15) is 30.0 Å². The summed E-state index contributed by atoms with van der Waals surface area (Å²) < 4.78 is 39.5. The largest absolute Gasteiger partial charge is 0.489 e. The number of nitrogens with two attached hydrogens (primary N) is 1. The van der Waals surface area contributed by atoms with Crippen LogP contribution >= 0.6 is 0 Å². The zero-order chi connectivity index (χ0) is 27.6. The van der Waals surface area contributed by atoms with Gasteiger partial charge in [-0.2, -0.15) is 0 Å². The maximum absolute atomic E-state index is 14.3. The van der Waals surface area contributed by atoms with Gasteiger partial charge in [0.05, 0.1) is 0 Å². The van der Waals surface area contributed by atoms with E-state index in [2.05, 4.69) is 0 Å². The van der Waals surface area contributed by atoms with Crippen LogP contribution in [0, 0.1) is 11.6 Å². The Bertz CT molecular complexity index is 1380. The first-order chi connectivity index (χ1) is 18.9. The molecule has 0 spiro atoms. The lowest BCUT2D eigenvalue weighted by Gasteiger charge is -2.25. The number of carboxylic acid groups (broad SMARTS) is 1. The van der Waals surface area contributed by atoms with E-state index in [0.29, 0.717) is 31.1 Å². The van der Waals surface area contributed by atoms with E-state index in [1.807, 2.05) is 47.4 Å². The molecule has 39 heavy (non-hydrogen) atoms. The normalized spacial score (nSPS) is 11.8. The van der Waals surface area contributed by atoms with Crippen LogP contribution in [0.5, 0.6) is 17.2 Å². The zero-order valence-electron chi connectivity index (χ0n) is 21.3. The van der Waals surface area contributed by atoms with Crippen molar-refractivity contribution in [1.82, 2.24) is 4.90 Å². The molecule has 6 nitrogen and oxygen atoms in total. The van der Waals surface area contributed by atoms with Crippen LogP contribution in [0.3, 0.4) is 0 Å². The van der Waals surface area contributed by atoms with Gasteiger partial charge in [-0.25, -0.2) is 8.78 Å². The van der Waals surface area contributed by atoms with Crippen LogP contribution in [-0.4, -0.2) is 28.6 Å². The summed E-state index contributed by atoms with van der Waals surface area (Å²) in [5, 5.41) is 9.31. The first-order valence-electron chi connectivity index (χ1n) is 12.5. The third kappa shape index (κ3) is 8.10. The summed E-state index contributed by atoms with van der Waals surface area (Å²) in [7, 11) is 0. The third-order valence-corrected chi connectivity index (χ3v) is 6.17. The second-order valence-electron chi connectivity index (χ2n) is 9.11. The average Bonchev–Trinajstić information content (AvgIpc) is 2.94. The van der Waals surface area contributed by atoms with Crippen molar-refractivity contribution < 1.29 is 28.2 Å². The topological polar surface area (TPSA) is 85.0 Å². The summed E-state index contributed by atoms with van der Waals surface area (Å²) in [6.45, 7) is 1.47. The zero-order valence-corrected chi connectivity index (χ0v) is 21.3. The molecule has 0 heterocycles. The molecule has 0 aliphatic carbocycles. The smallest absolute Gasteiger partial charge is 0.320 e. The Labute approximate surface area is 226 Å². The molecular formula is C31H30F2N2O4. The number of benzene rings is 4. The maximum Gasteiger partial charge on any atom is 0.320 e. The third-order valence-electron chi connectivity index (χ3n) is 6.17. The quantitative estimate of drug-likeness (QED) is 0.215. The molecule has 202 valence electrons. The molecule has 3 N–H and O–H groups in total. The minimum Gasteiger partial charge on any atom is -0.489 e. The van der Waals surface area contributed by atoms with Crippen molar-refractivity contribution in [3.63, 3.8) is 0 Å².